The molecule has 156 valence electrons. The Bertz CT molecular complexity index is 1080. The standard InChI is InChI=1S/C24H21N3O4/c28-22(12-6-14-27-23(29)20-10-1-2-11-21(20)24(27)30)26-17-8-5-9-19(15-17)31-16-18-7-3-4-13-25-18/h1-5,7-11,13,15H,6,12,14,16H2,(H,26,28). The molecule has 0 atom stereocenters. The number of benzene rings is 2. The van der Waals surface area contributed by atoms with Crippen LogP contribution < -0.4 is 10.1 Å². The van der Waals surface area contributed by atoms with Crippen molar-refractivity contribution < 1.29 is 19.1 Å². The van der Waals surface area contributed by atoms with Crippen molar-refractivity contribution in [3.8, 4) is 5.75 Å². The molecule has 0 unspecified atom stereocenters. The summed E-state index contributed by atoms with van der Waals surface area (Å²) in [6.07, 6.45) is 2.27. The summed E-state index contributed by atoms with van der Waals surface area (Å²) in [6.45, 7) is 0.533. The second-order valence-corrected chi connectivity index (χ2v) is 7.10. The van der Waals surface area contributed by atoms with Gasteiger partial charge in [0, 0.05) is 30.9 Å². The number of hydrogen-bond acceptors (Lipinski definition) is 5. The van der Waals surface area contributed by atoms with Gasteiger partial charge in [0.15, 0.2) is 0 Å². The van der Waals surface area contributed by atoms with Gasteiger partial charge < -0.3 is 10.1 Å². The number of amides is 3. The van der Waals surface area contributed by atoms with Crippen molar-refractivity contribution >= 4 is 23.4 Å². The average molecular weight is 415 g/mol. The summed E-state index contributed by atoms with van der Waals surface area (Å²) >= 11 is 0. The molecular weight excluding hydrogens is 394 g/mol. The molecule has 0 aliphatic carbocycles. The summed E-state index contributed by atoms with van der Waals surface area (Å²) in [7, 11) is 0. The smallest absolute Gasteiger partial charge is 0.261 e. The summed E-state index contributed by atoms with van der Waals surface area (Å²) in [5.41, 5.74) is 2.26. The molecule has 0 fully saturated rings. The predicted octanol–water partition coefficient (Wildman–Crippen LogP) is 3.68. The summed E-state index contributed by atoms with van der Waals surface area (Å²) in [5.74, 6) is -0.189. The predicted molar refractivity (Wildman–Crippen MR) is 115 cm³/mol. The molecule has 4 rings (SSSR count). The molecule has 3 amide bonds. The van der Waals surface area contributed by atoms with Crippen LogP contribution in [0.4, 0.5) is 5.69 Å². The molecule has 1 aromatic heterocycles. The van der Waals surface area contributed by atoms with Gasteiger partial charge in [-0.2, -0.15) is 0 Å². The fourth-order valence-corrected chi connectivity index (χ4v) is 3.37. The number of imide groups is 1. The fourth-order valence-electron chi connectivity index (χ4n) is 3.37. The summed E-state index contributed by atoms with van der Waals surface area (Å²) in [5, 5.41) is 2.82. The van der Waals surface area contributed by atoms with Gasteiger partial charge >= 0.3 is 0 Å². The molecule has 0 radical (unpaired) electrons. The maximum absolute atomic E-state index is 12.4. The number of hydrogen-bond donors (Lipinski definition) is 1. The van der Waals surface area contributed by atoms with Crippen LogP contribution in [0, 0.1) is 0 Å². The molecular formula is C24H21N3O4. The van der Waals surface area contributed by atoms with E-state index in [0.717, 1.165) is 5.69 Å². The third-order valence-corrected chi connectivity index (χ3v) is 4.89. The number of aromatic nitrogens is 1. The minimum Gasteiger partial charge on any atom is -0.487 e. The van der Waals surface area contributed by atoms with Crippen LogP contribution in [-0.4, -0.2) is 34.2 Å². The molecule has 0 spiro atoms. The van der Waals surface area contributed by atoms with Crippen molar-refractivity contribution in [1.29, 1.82) is 0 Å². The molecule has 0 bridgehead atoms. The quantitative estimate of drug-likeness (QED) is 0.567. The van der Waals surface area contributed by atoms with Crippen LogP contribution in [0.5, 0.6) is 5.75 Å². The Labute approximate surface area is 179 Å². The van der Waals surface area contributed by atoms with E-state index in [1.165, 1.54) is 4.90 Å². The number of ether oxygens (including phenoxy) is 1. The van der Waals surface area contributed by atoms with Gasteiger partial charge in [0.1, 0.15) is 12.4 Å². The lowest BCUT2D eigenvalue weighted by Gasteiger charge is -2.13. The van der Waals surface area contributed by atoms with Gasteiger partial charge in [-0.25, -0.2) is 0 Å². The van der Waals surface area contributed by atoms with Crippen molar-refractivity contribution in [3.05, 3.63) is 89.7 Å². The minimum atomic E-state index is -0.307. The number of carbonyl (C=O) groups excluding carboxylic acids is 3. The molecule has 0 saturated carbocycles. The maximum atomic E-state index is 12.4. The molecule has 7 nitrogen and oxygen atoms in total. The molecule has 2 aromatic carbocycles. The lowest BCUT2D eigenvalue weighted by Crippen LogP contribution is -2.31. The van der Waals surface area contributed by atoms with Gasteiger partial charge in [-0.15, -0.1) is 0 Å². The topological polar surface area (TPSA) is 88.6 Å². The molecule has 3 aromatic rings. The van der Waals surface area contributed by atoms with Gasteiger partial charge in [0.2, 0.25) is 5.91 Å². The highest BCUT2D eigenvalue weighted by Crippen LogP contribution is 2.23. The van der Waals surface area contributed by atoms with E-state index in [2.05, 4.69) is 10.3 Å². The molecule has 7 heteroatoms. The highest BCUT2D eigenvalue weighted by molar-refractivity contribution is 6.21. The number of carbonyl (C=O) groups is 3. The van der Waals surface area contributed by atoms with Crippen LogP contribution in [0.25, 0.3) is 0 Å². The number of anilines is 1. The SMILES string of the molecule is O=C(CCCN1C(=O)c2ccccc2C1=O)Nc1cccc(OCc2ccccn2)c1. The van der Waals surface area contributed by atoms with Gasteiger partial charge in [0.25, 0.3) is 11.8 Å². The molecule has 1 aliphatic rings. The van der Waals surface area contributed by atoms with Crippen LogP contribution in [0.2, 0.25) is 0 Å². The zero-order chi connectivity index (χ0) is 21.6. The Balaban J connectivity index is 1.26. The van der Waals surface area contributed by atoms with Crippen molar-refractivity contribution in [3.63, 3.8) is 0 Å². The summed E-state index contributed by atoms with van der Waals surface area (Å²) in [6, 6.07) is 19.5. The van der Waals surface area contributed by atoms with E-state index in [9.17, 15) is 14.4 Å². The van der Waals surface area contributed by atoms with E-state index in [0.29, 0.717) is 35.6 Å². The van der Waals surface area contributed by atoms with E-state index in [-0.39, 0.29) is 30.7 Å². The van der Waals surface area contributed by atoms with E-state index >= 15 is 0 Å². The zero-order valence-electron chi connectivity index (χ0n) is 16.8. The van der Waals surface area contributed by atoms with Crippen LogP contribution in [0.1, 0.15) is 39.3 Å². The molecule has 0 saturated heterocycles. The molecule has 2 heterocycles. The molecule has 31 heavy (non-hydrogen) atoms. The normalized spacial score (nSPS) is 12.6. The van der Waals surface area contributed by atoms with Gasteiger partial charge in [-0.3, -0.25) is 24.3 Å². The van der Waals surface area contributed by atoms with Gasteiger partial charge in [-0.05, 0) is 42.8 Å². The fraction of sp³-hybridized carbons (Fsp3) is 0.167. The first-order valence-electron chi connectivity index (χ1n) is 9.99. The Morgan fingerprint density at radius 2 is 1.68 bits per heavy atom. The first kappa shape index (κ1) is 20.3. The number of nitrogens with one attached hydrogen (secondary N) is 1. The zero-order valence-corrected chi connectivity index (χ0v) is 16.8. The first-order chi connectivity index (χ1) is 15.1. The van der Waals surface area contributed by atoms with E-state index in [1.807, 2.05) is 18.2 Å². The van der Waals surface area contributed by atoms with E-state index in [4.69, 9.17) is 4.74 Å². The van der Waals surface area contributed by atoms with E-state index < -0.39 is 0 Å². The van der Waals surface area contributed by atoms with Gasteiger partial charge in [0.05, 0.1) is 16.8 Å². The second-order valence-electron chi connectivity index (χ2n) is 7.10. The second kappa shape index (κ2) is 9.21. The first-order valence-corrected chi connectivity index (χ1v) is 9.99. The Hall–Kier alpha value is -4.00. The number of rotatable bonds is 8. The van der Waals surface area contributed by atoms with Crippen LogP contribution >= 0.6 is 0 Å². The number of fused-ring (bicyclic) bond motifs is 1. The molecule has 1 N–H and O–H groups in total. The third-order valence-electron chi connectivity index (χ3n) is 4.89. The van der Waals surface area contributed by atoms with Crippen LogP contribution in [0.3, 0.4) is 0 Å². The van der Waals surface area contributed by atoms with Crippen molar-refractivity contribution in [2.75, 3.05) is 11.9 Å². The van der Waals surface area contributed by atoms with Crippen LogP contribution in [0.15, 0.2) is 72.9 Å². The minimum absolute atomic E-state index is 0.187. The summed E-state index contributed by atoms with van der Waals surface area (Å²) in [4.78, 5) is 42.4. The van der Waals surface area contributed by atoms with Crippen molar-refractivity contribution in [2.24, 2.45) is 0 Å². The Morgan fingerprint density at radius 3 is 2.39 bits per heavy atom. The van der Waals surface area contributed by atoms with Gasteiger partial charge in [-0.1, -0.05) is 24.3 Å². The largest absolute Gasteiger partial charge is 0.487 e. The maximum Gasteiger partial charge on any atom is 0.261 e. The number of nitrogens with zero attached hydrogens (tertiary/aromatic N) is 2. The van der Waals surface area contributed by atoms with Crippen LogP contribution in [-0.2, 0) is 11.4 Å². The van der Waals surface area contributed by atoms with Crippen molar-refractivity contribution in [1.82, 2.24) is 9.88 Å². The molecule has 1 aliphatic heterocycles. The Morgan fingerprint density at radius 1 is 0.935 bits per heavy atom. The number of pyridine rings is 1. The average Bonchev–Trinajstić information content (AvgIpc) is 3.04. The third kappa shape index (κ3) is 4.78. The highest BCUT2D eigenvalue weighted by Gasteiger charge is 2.34. The Kier molecular flexibility index (Phi) is 6.03. The summed E-state index contributed by atoms with van der Waals surface area (Å²) < 4.78 is 5.72. The van der Waals surface area contributed by atoms with E-state index in [1.54, 1.807) is 54.7 Å². The highest BCUT2D eigenvalue weighted by atomic mass is 16.5. The lowest BCUT2D eigenvalue weighted by atomic mass is 10.1. The monoisotopic (exact) mass is 415 g/mol. The van der Waals surface area contributed by atoms with Crippen molar-refractivity contribution in [2.45, 2.75) is 19.4 Å². The lowest BCUT2D eigenvalue weighted by molar-refractivity contribution is -0.116.